The normalized spacial score (nSPS) is 13.2. The zero-order valence-corrected chi connectivity index (χ0v) is 16.1. The fourth-order valence-electron chi connectivity index (χ4n) is 1.48. The van der Waals surface area contributed by atoms with Crippen LogP contribution in [0.15, 0.2) is 32.0 Å². The molecule has 1 rings (SSSR count). The highest BCUT2D eigenvalue weighted by molar-refractivity contribution is 9.11. The second-order valence-corrected chi connectivity index (χ2v) is 9.16. The van der Waals surface area contributed by atoms with Gasteiger partial charge in [0.1, 0.15) is 0 Å². The standard InChI is InChI=1S/C13H17Br2NO4S/c1-12(2,11(17)18)13(3,4)16-21(19,20)10-6-5-8(14)7-9(10)15/h5-7,16H,1-4H3,(H,17,18). The summed E-state index contributed by atoms with van der Waals surface area (Å²) in [5, 5.41) is 9.28. The molecule has 0 aliphatic heterocycles. The van der Waals surface area contributed by atoms with Crippen molar-refractivity contribution in [2.45, 2.75) is 38.1 Å². The number of sulfonamides is 1. The van der Waals surface area contributed by atoms with E-state index >= 15 is 0 Å². The van der Waals surface area contributed by atoms with Crippen molar-refractivity contribution in [3.8, 4) is 0 Å². The first-order chi connectivity index (χ1) is 9.31. The minimum Gasteiger partial charge on any atom is -0.481 e. The average Bonchev–Trinajstić information content (AvgIpc) is 2.25. The third-order valence-corrected chi connectivity index (χ3v) is 6.80. The molecule has 0 spiro atoms. The van der Waals surface area contributed by atoms with Gasteiger partial charge in [-0.2, -0.15) is 0 Å². The highest BCUT2D eigenvalue weighted by atomic mass is 79.9. The van der Waals surface area contributed by atoms with E-state index in [9.17, 15) is 18.3 Å². The van der Waals surface area contributed by atoms with Crippen molar-refractivity contribution >= 4 is 47.9 Å². The van der Waals surface area contributed by atoms with Crippen LogP contribution in [-0.4, -0.2) is 25.0 Å². The summed E-state index contributed by atoms with van der Waals surface area (Å²) in [5.74, 6) is -1.08. The van der Waals surface area contributed by atoms with Crippen LogP contribution in [0.5, 0.6) is 0 Å². The fraction of sp³-hybridized carbons (Fsp3) is 0.462. The molecular weight excluding hydrogens is 426 g/mol. The molecule has 0 unspecified atom stereocenters. The number of carboxylic acid groups (broad SMARTS) is 1. The van der Waals surface area contributed by atoms with Gasteiger partial charge in [0.2, 0.25) is 10.0 Å². The first kappa shape index (κ1) is 18.6. The van der Waals surface area contributed by atoms with Gasteiger partial charge in [-0.3, -0.25) is 4.79 Å². The molecule has 0 aliphatic carbocycles. The Hall–Kier alpha value is -0.440. The first-order valence-electron chi connectivity index (χ1n) is 6.04. The van der Waals surface area contributed by atoms with Gasteiger partial charge in [-0.25, -0.2) is 13.1 Å². The van der Waals surface area contributed by atoms with Crippen LogP contribution >= 0.6 is 31.9 Å². The number of nitrogens with one attached hydrogen (secondary N) is 1. The van der Waals surface area contributed by atoms with Gasteiger partial charge in [-0.1, -0.05) is 15.9 Å². The Labute approximate surface area is 141 Å². The van der Waals surface area contributed by atoms with Crippen LogP contribution in [0.25, 0.3) is 0 Å². The van der Waals surface area contributed by atoms with Crippen molar-refractivity contribution in [2.75, 3.05) is 0 Å². The molecule has 0 fully saturated rings. The van der Waals surface area contributed by atoms with Crippen LogP contribution in [0.2, 0.25) is 0 Å². The average molecular weight is 443 g/mol. The lowest BCUT2D eigenvalue weighted by atomic mass is 9.75. The van der Waals surface area contributed by atoms with E-state index in [-0.39, 0.29) is 4.90 Å². The lowest BCUT2D eigenvalue weighted by molar-refractivity contribution is -0.150. The quantitative estimate of drug-likeness (QED) is 0.731. The van der Waals surface area contributed by atoms with E-state index in [0.29, 0.717) is 4.47 Å². The number of aliphatic carboxylic acids is 1. The number of hydrogen-bond acceptors (Lipinski definition) is 3. The number of rotatable bonds is 5. The summed E-state index contributed by atoms with van der Waals surface area (Å²) >= 11 is 6.46. The molecule has 0 bridgehead atoms. The lowest BCUT2D eigenvalue weighted by Crippen LogP contribution is -2.56. The van der Waals surface area contributed by atoms with Gasteiger partial charge in [-0.05, 0) is 61.8 Å². The van der Waals surface area contributed by atoms with Crippen molar-refractivity contribution in [3.63, 3.8) is 0 Å². The molecule has 0 atom stereocenters. The van der Waals surface area contributed by atoms with Crippen LogP contribution in [0.3, 0.4) is 0 Å². The second-order valence-electron chi connectivity index (χ2n) is 5.74. The SMILES string of the molecule is CC(C)(NS(=O)(=O)c1ccc(Br)cc1Br)C(C)(C)C(=O)O. The van der Waals surface area contributed by atoms with E-state index in [1.807, 2.05) is 0 Å². The summed E-state index contributed by atoms with van der Waals surface area (Å²) in [6.45, 7) is 6.06. The third kappa shape index (κ3) is 3.85. The van der Waals surface area contributed by atoms with Crippen molar-refractivity contribution in [3.05, 3.63) is 27.1 Å². The molecule has 1 aromatic carbocycles. The molecule has 0 saturated carbocycles. The summed E-state index contributed by atoms with van der Waals surface area (Å²) in [4.78, 5) is 11.4. The van der Waals surface area contributed by atoms with E-state index in [0.717, 1.165) is 4.47 Å². The molecular formula is C13H17Br2NO4S. The predicted octanol–water partition coefficient (Wildman–Crippen LogP) is 3.38. The van der Waals surface area contributed by atoms with Gasteiger partial charge in [0.05, 0.1) is 10.3 Å². The molecule has 118 valence electrons. The minimum absolute atomic E-state index is 0.0555. The summed E-state index contributed by atoms with van der Waals surface area (Å²) in [7, 11) is -3.86. The summed E-state index contributed by atoms with van der Waals surface area (Å²) in [5.41, 5.74) is -2.45. The van der Waals surface area contributed by atoms with E-state index in [2.05, 4.69) is 36.6 Å². The van der Waals surface area contributed by atoms with Crippen LogP contribution < -0.4 is 4.72 Å². The predicted molar refractivity (Wildman–Crippen MR) is 87.7 cm³/mol. The lowest BCUT2D eigenvalue weighted by Gasteiger charge is -2.38. The molecule has 21 heavy (non-hydrogen) atoms. The van der Waals surface area contributed by atoms with Crippen LogP contribution in [-0.2, 0) is 14.8 Å². The van der Waals surface area contributed by atoms with Crippen LogP contribution in [0, 0.1) is 5.41 Å². The van der Waals surface area contributed by atoms with Gasteiger partial charge in [0, 0.05) is 14.5 Å². The molecule has 5 nitrogen and oxygen atoms in total. The molecule has 0 aliphatic rings. The van der Waals surface area contributed by atoms with E-state index in [1.54, 1.807) is 26.0 Å². The van der Waals surface area contributed by atoms with Crippen LogP contribution in [0.1, 0.15) is 27.7 Å². The van der Waals surface area contributed by atoms with Gasteiger partial charge in [0.15, 0.2) is 0 Å². The molecule has 2 N–H and O–H groups in total. The maximum atomic E-state index is 12.5. The second kappa shape index (κ2) is 5.98. The smallest absolute Gasteiger partial charge is 0.310 e. The van der Waals surface area contributed by atoms with Crippen molar-refractivity contribution < 1.29 is 18.3 Å². The molecule has 0 aromatic heterocycles. The molecule has 0 radical (unpaired) electrons. The number of halogens is 2. The maximum absolute atomic E-state index is 12.5. The van der Waals surface area contributed by atoms with E-state index < -0.39 is 26.9 Å². The minimum atomic E-state index is -3.86. The monoisotopic (exact) mass is 441 g/mol. The first-order valence-corrected chi connectivity index (χ1v) is 9.10. The summed E-state index contributed by atoms with van der Waals surface area (Å²) in [6.07, 6.45) is 0. The largest absolute Gasteiger partial charge is 0.481 e. The number of carboxylic acids is 1. The summed E-state index contributed by atoms with van der Waals surface area (Å²) < 4.78 is 28.6. The van der Waals surface area contributed by atoms with Crippen molar-refractivity contribution in [1.82, 2.24) is 4.72 Å². The maximum Gasteiger partial charge on any atom is 0.310 e. The Kier molecular flexibility index (Phi) is 5.30. The van der Waals surface area contributed by atoms with Crippen molar-refractivity contribution in [2.24, 2.45) is 5.41 Å². The molecule has 0 saturated heterocycles. The molecule has 1 aromatic rings. The van der Waals surface area contributed by atoms with Crippen LogP contribution in [0.4, 0.5) is 0 Å². The fourth-order valence-corrected chi connectivity index (χ4v) is 4.77. The van der Waals surface area contributed by atoms with E-state index in [4.69, 9.17) is 0 Å². The van der Waals surface area contributed by atoms with E-state index in [1.165, 1.54) is 19.9 Å². The zero-order valence-electron chi connectivity index (χ0n) is 12.1. The Bertz CT molecular complexity index is 669. The highest BCUT2D eigenvalue weighted by Gasteiger charge is 2.46. The zero-order chi connectivity index (χ0) is 16.6. The van der Waals surface area contributed by atoms with Crippen molar-refractivity contribution in [1.29, 1.82) is 0 Å². The van der Waals surface area contributed by atoms with Gasteiger partial charge < -0.3 is 5.11 Å². The number of hydrogen-bond donors (Lipinski definition) is 2. The van der Waals surface area contributed by atoms with Gasteiger partial charge >= 0.3 is 5.97 Å². The Morgan fingerprint density at radius 1 is 1.19 bits per heavy atom. The highest BCUT2D eigenvalue weighted by Crippen LogP contribution is 2.33. The third-order valence-electron chi connectivity index (χ3n) is 3.67. The molecule has 8 heteroatoms. The molecule has 0 amide bonds. The van der Waals surface area contributed by atoms with Gasteiger partial charge in [-0.15, -0.1) is 0 Å². The molecule has 0 heterocycles. The number of carbonyl (C=O) groups is 1. The Morgan fingerprint density at radius 3 is 2.14 bits per heavy atom. The topological polar surface area (TPSA) is 83.5 Å². The summed E-state index contributed by atoms with van der Waals surface area (Å²) in [6, 6.07) is 4.67. The number of benzene rings is 1. The Balaban J connectivity index is 3.25. The Morgan fingerprint density at radius 2 is 1.71 bits per heavy atom. The van der Waals surface area contributed by atoms with Gasteiger partial charge in [0.25, 0.3) is 0 Å².